The molecule has 0 atom stereocenters. The van der Waals surface area contributed by atoms with Gasteiger partial charge in [-0.2, -0.15) is 0 Å². The van der Waals surface area contributed by atoms with Crippen LogP contribution in [0.2, 0.25) is 0 Å². The maximum atomic E-state index is 12.9. The zero-order chi connectivity index (χ0) is 12.9. The van der Waals surface area contributed by atoms with Gasteiger partial charge in [-0.3, -0.25) is 0 Å². The molecule has 1 aromatic carbocycles. The van der Waals surface area contributed by atoms with E-state index in [1.807, 2.05) is 6.92 Å². The Labute approximate surface area is 99.1 Å². The second-order valence-corrected chi connectivity index (χ2v) is 5.09. The summed E-state index contributed by atoms with van der Waals surface area (Å²) in [5.41, 5.74) is 0. The molecular weight excluding hydrogens is 250 g/mol. The zero-order valence-electron chi connectivity index (χ0n) is 9.33. The number of hydrogen-bond donors (Lipinski definition) is 2. The van der Waals surface area contributed by atoms with E-state index in [-0.39, 0.29) is 11.4 Å². The summed E-state index contributed by atoms with van der Waals surface area (Å²) in [5.74, 6) is -2.25. The number of halogens is 2. The Morgan fingerprint density at radius 3 is 2.47 bits per heavy atom. The summed E-state index contributed by atoms with van der Waals surface area (Å²) in [6.45, 7) is 3.28. The van der Waals surface area contributed by atoms with Crippen molar-refractivity contribution >= 4 is 10.0 Å². The van der Waals surface area contributed by atoms with E-state index in [2.05, 4.69) is 10.0 Å². The van der Waals surface area contributed by atoms with E-state index in [4.69, 9.17) is 0 Å². The molecule has 1 aromatic rings. The first-order valence-corrected chi connectivity index (χ1v) is 6.61. The molecule has 0 aliphatic rings. The molecule has 0 aliphatic heterocycles. The third-order valence-electron chi connectivity index (χ3n) is 2.05. The fraction of sp³-hybridized carbons (Fsp3) is 0.400. The second kappa shape index (κ2) is 6.04. The molecular formula is C10H14F2N2O2S. The van der Waals surface area contributed by atoms with Gasteiger partial charge in [-0.05, 0) is 24.7 Å². The highest BCUT2D eigenvalue weighted by Crippen LogP contribution is 2.13. The molecule has 0 aliphatic carbocycles. The van der Waals surface area contributed by atoms with Crippen molar-refractivity contribution in [3.63, 3.8) is 0 Å². The Bertz CT molecular complexity index is 477. The molecule has 2 N–H and O–H groups in total. The average Bonchev–Trinajstić information content (AvgIpc) is 2.28. The monoisotopic (exact) mass is 264 g/mol. The van der Waals surface area contributed by atoms with Crippen molar-refractivity contribution in [3.8, 4) is 0 Å². The van der Waals surface area contributed by atoms with Crippen LogP contribution in [0.3, 0.4) is 0 Å². The summed E-state index contributed by atoms with van der Waals surface area (Å²) in [4.78, 5) is -0.284. The van der Waals surface area contributed by atoms with Crippen LogP contribution in [-0.4, -0.2) is 28.1 Å². The quantitative estimate of drug-likeness (QED) is 0.749. The van der Waals surface area contributed by atoms with Crippen LogP contribution in [0.5, 0.6) is 0 Å². The van der Waals surface area contributed by atoms with Gasteiger partial charge in [-0.1, -0.05) is 6.92 Å². The minimum atomic E-state index is -3.78. The lowest BCUT2D eigenvalue weighted by Crippen LogP contribution is -2.31. The smallest absolute Gasteiger partial charge is 0.240 e. The number of benzene rings is 1. The molecule has 0 fully saturated rings. The van der Waals surface area contributed by atoms with Gasteiger partial charge in [-0.25, -0.2) is 21.9 Å². The van der Waals surface area contributed by atoms with Crippen LogP contribution in [0.4, 0.5) is 8.78 Å². The topological polar surface area (TPSA) is 58.2 Å². The zero-order valence-corrected chi connectivity index (χ0v) is 10.2. The van der Waals surface area contributed by atoms with Gasteiger partial charge in [0, 0.05) is 13.1 Å². The SMILES string of the molecule is CCNCCNS(=O)(=O)c1ccc(F)c(F)c1. The lowest BCUT2D eigenvalue weighted by Gasteiger charge is -2.07. The lowest BCUT2D eigenvalue weighted by molar-refractivity contribution is 0.504. The standard InChI is InChI=1S/C10H14F2N2O2S/c1-2-13-5-6-14-17(15,16)8-3-4-9(11)10(12)7-8/h3-4,7,13-14H,2,5-6H2,1H3. The van der Waals surface area contributed by atoms with Crippen molar-refractivity contribution in [2.24, 2.45) is 0 Å². The van der Waals surface area contributed by atoms with E-state index in [1.54, 1.807) is 0 Å². The fourth-order valence-corrected chi connectivity index (χ4v) is 2.22. The summed E-state index contributed by atoms with van der Waals surface area (Å²) in [5, 5.41) is 2.93. The number of hydrogen-bond acceptors (Lipinski definition) is 3. The molecule has 17 heavy (non-hydrogen) atoms. The van der Waals surface area contributed by atoms with Crippen molar-refractivity contribution in [1.29, 1.82) is 0 Å². The number of nitrogens with one attached hydrogen (secondary N) is 2. The predicted molar refractivity (Wildman–Crippen MR) is 60.1 cm³/mol. The van der Waals surface area contributed by atoms with Gasteiger partial charge in [0.05, 0.1) is 4.90 Å². The first-order valence-electron chi connectivity index (χ1n) is 5.13. The minimum absolute atomic E-state index is 0.190. The summed E-state index contributed by atoms with van der Waals surface area (Å²) >= 11 is 0. The van der Waals surface area contributed by atoms with Crippen LogP contribution in [0.25, 0.3) is 0 Å². The average molecular weight is 264 g/mol. The molecule has 7 heteroatoms. The molecule has 0 radical (unpaired) electrons. The van der Waals surface area contributed by atoms with Crippen molar-refractivity contribution in [1.82, 2.24) is 10.0 Å². The molecule has 1 rings (SSSR count). The van der Waals surface area contributed by atoms with E-state index in [0.717, 1.165) is 18.7 Å². The Morgan fingerprint density at radius 1 is 1.18 bits per heavy atom. The first-order chi connectivity index (χ1) is 7.97. The van der Waals surface area contributed by atoms with E-state index in [1.165, 1.54) is 0 Å². The van der Waals surface area contributed by atoms with Gasteiger partial charge in [0.15, 0.2) is 11.6 Å². The van der Waals surface area contributed by atoms with E-state index in [0.29, 0.717) is 12.6 Å². The Morgan fingerprint density at radius 2 is 1.88 bits per heavy atom. The largest absolute Gasteiger partial charge is 0.316 e. The molecule has 0 bridgehead atoms. The molecule has 0 heterocycles. The normalized spacial score (nSPS) is 11.7. The Balaban J connectivity index is 2.72. The van der Waals surface area contributed by atoms with Crippen molar-refractivity contribution in [2.45, 2.75) is 11.8 Å². The third kappa shape index (κ3) is 4.03. The van der Waals surface area contributed by atoms with Crippen LogP contribution in [-0.2, 0) is 10.0 Å². The third-order valence-corrected chi connectivity index (χ3v) is 3.50. The number of sulfonamides is 1. The second-order valence-electron chi connectivity index (χ2n) is 3.33. The number of likely N-dealkylation sites (N-methyl/N-ethyl adjacent to an activating group) is 1. The van der Waals surface area contributed by atoms with Gasteiger partial charge in [0.25, 0.3) is 0 Å². The maximum Gasteiger partial charge on any atom is 0.240 e. The highest BCUT2D eigenvalue weighted by molar-refractivity contribution is 7.89. The van der Waals surface area contributed by atoms with Crippen molar-refractivity contribution in [3.05, 3.63) is 29.8 Å². The van der Waals surface area contributed by atoms with Crippen LogP contribution in [0.15, 0.2) is 23.1 Å². The van der Waals surface area contributed by atoms with Gasteiger partial charge < -0.3 is 5.32 Å². The molecule has 0 spiro atoms. The van der Waals surface area contributed by atoms with Gasteiger partial charge in [0.1, 0.15) is 0 Å². The van der Waals surface area contributed by atoms with Crippen molar-refractivity contribution in [2.75, 3.05) is 19.6 Å². The maximum absolute atomic E-state index is 12.9. The van der Waals surface area contributed by atoms with Crippen LogP contribution < -0.4 is 10.0 Å². The van der Waals surface area contributed by atoms with E-state index in [9.17, 15) is 17.2 Å². The van der Waals surface area contributed by atoms with Crippen molar-refractivity contribution < 1.29 is 17.2 Å². The Hall–Kier alpha value is -1.05. The minimum Gasteiger partial charge on any atom is -0.316 e. The summed E-state index contributed by atoms with van der Waals surface area (Å²) in [6.07, 6.45) is 0. The molecule has 0 aromatic heterocycles. The van der Waals surface area contributed by atoms with Crippen LogP contribution in [0, 0.1) is 11.6 Å². The molecule has 96 valence electrons. The van der Waals surface area contributed by atoms with Crippen LogP contribution >= 0.6 is 0 Å². The van der Waals surface area contributed by atoms with Gasteiger partial charge in [0.2, 0.25) is 10.0 Å². The fourth-order valence-electron chi connectivity index (χ4n) is 1.18. The first kappa shape index (κ1) is 14.0. The highest BCUT2D eigenvalue weighted by Gasteiger charge is 2.15. The Kier molecular flexibility index (Phi) is 4.98. The highest BCUT2D eigenvalue weighted by atomic mass is 32.2. The predicted octanol–water partition coefficient (Wildman–Crippen LogP) is 0.853. The summed E-state index contributed by atoms with van der Waals surface area (Å²) in [7, 11) is -3.78. The molecule has 0 saturated carbocycles. The molecule has 0 amide bonds. The van der Waals surface area contributed by atoms with Crippen LogP contribution in [0.1, 0.15) is 6.92 Å². The van der Waals surface area contributed by atoms with Gasteiger partial charge >= 0.3 is 0 Å². The van der Waals surface area contributed by atoms with E-state index >= 15 is 0 Å². The summed E-state index contributed by atoms with van der Waals surface area (Å²) in [6, 6.07) is 2.47. The lowest BCUT2D eigenvalue weighted by atomic mass is 10.3. The molecule has 0 unspecified atom stereocenters. The molecule has 4 nitrogen and oxygen atoms in total. The van der Waals surface area contributed by atoms with Gasteiger partial charge in [-0.15, -0.1) is 0 Å². The number of rotatable bonds is 6. The summed E-state index contributed by atoms with van der Waals surface area (Å²) < 4.78 is 51.1. The molecule has 0 saturated heterocycles. The van der Waals surface area contributed by atoms with E-state index < -0.39 is 21.7 Å².